The van der Waals surface area contributed by atoms with Gasteiger partial charge in [0.05, 0.1) is 26.1 Å². The number of hydrogen-bond acceptors (Lipinski definition) is 5. The summed E-state index contributed by atoms with van der Waals surface area (Å²) in [7, 11) is 0. The fraction of sp³-hybridized carbons (Fsp3) is 0.778. The van der Waals surface area contributed by atoms with E-state index < -0.39 is 11.9 Å². The average Bonchev–Trinajstić information content (AvgIpc) is 2.94. The molecule has 0 aromatic rings. The van der Waals surface area contributed by atoms with Gasteiger partial charge in [0.2, 0.25) is 0 Å². The van der Waals surface area contributed by atoms with Gasteiger partial charge < -0.3 is 24.7 Å². The third-order valence-electron chi connectivity index (χ3n) is 4.32. The molecule has 0 aromatic carbocycles. The number of carboxylic acids is 2. The van der Waals surface area contributed by atoms with Gasteiger partial charge >= 0.3 is 71.1 Å². The summed E-state index contributed by atoms with van der Waals surface area (Å²) in [4.78, 5) is 25.6. The third-order valence-corrected chi connectivity index (χ3v) is 4.32. The van der Waals surface area contributed by atoms with E-state index in [0.29, 0.717) is 19.7 Å². The zero-order valence-corrected chi connectivity index (χ0v) is 15.2. The Morgan fingerprint density at radius 2 is 1.48 bits per heavy atom. The van der Waals surface area contributed by atoms with Gasteiger partial charge in [-0.25, -0.2) is 0 Å². The van der Waals surface area contributed by atoms with Crippen molar-refractivity contribution < 1.29 is 24.5 Å². The summed E-state index contributed by atoms with van der Waals surface area (Å²) in [6.07, 6.45) is 11.3. The van der Waals surface area contributed by atoms with Gasteiger partial charge in [-0.3, -0.25) is 9.59 Å². The Morgan fingerprint density at radius 3 is 2.07 bits per heavy atom. The van der Waals surface area contributed by atoms with Crippen molar-refractivity contribution in [1.29, 1.82) is 0 Å². The molecule has 0 bridgehead atoms. The molecule has 0 amide bonds. The molecule has 148 valence electrons. The van der Waals surface area contributed by atoms with Crippen LogP contribution in [0.15, 0.2) is 12.4 Å². The van der Waals surface area contributed by atoms with Crippen molar-refractivity contribution in [3.8, 4) is 0 Å². The zero-order valence-electron chi connectivity index (χ0n) is 15.2. The van der Waals surface area contributed by atoms with Gasteiger partial charge in [0.15, 0.2) is 0 Å². The quantitative estimate of drug-likeness (QED) is 0.315. The van der Waals surface area contributed by atoms with E-state index in [0.717, 1.165) is 12.8 Å². The van der Waals surface area contributed by atoms with E-state index in [-0.39, 0.29) is 84.7 Å². The molecule has 1 atom stereocenters. The molecule has 1 unspecified atom stereocenters. The summed E-state index contributed by atoms with van der Waals surface area (Å²) in [5, 5.41) is 17.5. The fourth-order valence-corrected chi connectivity index (χ4v) is 2.93. The van der Waals surface area contributed by atoms with Gasteiger partial charge in [-0.05, 0) is 12.8 Å². The van der Waals surface area contributed by atoms with Gasteiger partial charge in [-0.2, -0.15) is 0 Å². The standard InChI is InChI=1S/C18H32N2O5.2Na.2H/c1-2-3-4-5-6-7-16-19(10-8-17(21)22)11-12-20(16)13-15-25-14-9-18(23)24;;;;/h11-12,16H,2-10,13-15H2,1H3,(H,21,22)(H,23,24);;;;. The van der Waals surface area contributed by atoms with Crippen LogP contribution >= 0.6 is 0 Å². The first kappa shape index (κ1) is 29.4. The summed E-state index contributed by atoms with van der Waals surface area (Å²) >= 11 is 0. The van der Waals surface area contributed by atoms with E-state index in [1.54, 1.807) is 0 Å². The summed E-state index contributed by atoms with van der Waals surface area (Å²) < 4.78 is 5.38. The van der Waals surface area contributed by atoms with Crippen molar-refractivity contribution >= 4 is 71.1 Å². The van der Waals surface area contributed by atoms with Crippen LogP contribution in [0.5, 0.6) is 0 Å². The molecule has 1 heterocycles. The zero-order chi connectivity index (χ0) is 18.5. The molecule has 1 aliphatic heterocycles. The van der Waals surface area contributed by atoms with Crippen LogP contribution in [-0.4, -0.2) is 124 Å². The van der Waals surface area contributed by atoms with Crippen molar-refractivity contribution in [2.24, 2.45) is 0 Å². The third kappa shape index (κ3) is 14.0. The molecule has 1 rings (SSSR count). The van der Waals surface area contributed by atoms with Crippen molar-refractivity contribution in [3.63, 3.8) is 0 Å². The number of carbonyl (C=O) groups is 2. The van der Waals surface area contributed by atoms with Crippen molar-refractivity contribution in [3.05, 3.63) is 12.4 Å². The topological polar surface area (TPSA) is 90.3 Å². The Bertz CT molecular complexity index is 438. The maximum absolute atomic E-state index is 10.8. The number of nitrogens with zero attached hydrogens (tertiary/aromatic N) is 2. The molecule has 27 heavy (non-hydrogen) atoms. The van der Waals surface area contributed by atoms with Crippen molar-refractivity contribution in [1.82, 2.24) is 9.80 Å². The number of rotatable bonds is 15. The molecule has 0 fully saturated rings. The number of carboxylic acid groups (broad SMARTS) is 2. The second-order valence-electron chi connectivity index (χ2n) is 6.36. The SMILES string of the molecule is CCCCCCCC1N(CCOCCC(=O)O)C=CN1CCC(=O)O.[NaH].[NaH]. The predicted molar refractivity (Wildman–Crippen MR) is 109 cm³/mol. The fourth-order valence-electron chi connectivity index (χ4n) is 2.93. The molecule has 0 spiro atoms. The van der Waals surface area contributed by atoms with E-state index in [2.05, 4.69) is 16.7 Å². The number of aliphatic carboxylic acids is 2. The van der Waals surface area contributed by atoms with E-state index in [4.69, 9.17) is 14.9 Å². The minimum atomic E-state index is -0.856. The van der Waals surface area contributed by atoms with Gasteiger partial charge in [-0.1, -0.05) is 32.6 Å². The van der Waals surface area contributed by atoms with E-state index in [1.165, 1.54) is 25.7 Å². The first-order valence-electron chi connectivity index (χ1n) is 9.25. The van der Waals surface area contributed by atoms with Crippen LogP contribution in [0.1, 0.15) is 58.3 Å². The molecular weight excluding hydrogens is 370 g/mol. The Hall–Kier alpha value is 0.240. The second-order valence-corrected chi connectivity index (χ2v) is 6.36. The molecule has 7 nitrogen and oxygen atoms in total. The first-order valence-corrected chi connectivity index (χ1v) is 9.25. The molecule has 0 radical (unpaired) electrons. The number of hydrogen-bond donors (Lipinski definition) is 2. The van der Waals surface area contributed by atoms with Crippen molar-refractivity contribution in [2.75, 3.05) is 26.3 Å². The van der Waals surface area contributed by atoms with Gasteiger partial charge in [0.1, 0.15) is 6.17 Å². The van der Waals surface area contributed by atoms with Gasteiger partial charge in [0, 0.05) is 25.5 Å². The molecule has 0 saturated heterocycles. The first-order chi connectivity index (χ1) is 12.0. The van der Waals surface area contributed by atoms with E-state index in [9.17, 15) is 9.59 Å². The molecule has 2 N–H and O–H groups in total. The summed E-state index contributed by atoms with van der Waals surface area (Å²) in [5.41, 5.74) is 0. The predicted octanol–water partition coefficient (Wildman–Crippen LogP) is 1.43. The van der Waals surface area contributed by atoms with Gasteiger partial charge in [-0.15, -0.1) is 0 Å². The number of unbranched alkanes of at least 4 members (excludes halogenated alkanes) is 4. The summed E-state index contributed by atoms with van der Waals surface area (Å²) in [6, 6.07) is 0. The minimum absolute atomic E-state index is 0. The number of ether oxygens (including phenoxy) is 1. The summed E-state index contributed by atoms with van der Waals surface area (Å²) in [6.45, 7) is 4.07. The van der Waals surface area contributed by atoms with Crippen LogP contribution < -0.4 is 0 Å². The summed E-state index contributed by atoms with van der Waals surface area (Å²) in [5.74, 6) is -1.64. The molecule has 0 saturated carbocycles. The monoisotopic (exact) mass is 404 g/mol. The van der Waals surface area contributed by atoms with Crippen LogP contribution in [0.4, 0.5) is 0 Å². The average molecular weight is 404 g/mol. The Morgan fingerprint density at radius 1 is 0.889 bits per heavy atom. The van der Waals surface area contributed by atoms with Crippen LogP contribution in [-0.2, 0) is 14.3 Å². The molecule has 0 aromatic heterocycles. The Balaban J connectivity index is 0. The molecular formula is C18H34N2Na2O5. The Kier molecular flexibility index (Phi) is 19.9. The molecule has 9 heteroatoms. The van der Waals surface area contributed by atoms with Crippen LogP contribution in [0.2, 0.25) is 0 Å². The van der Waals surface area contributed by atoms with E-state index in [1.807, 2.05) is 12.4 Å². The van der Waals surface area contributed by atoms with Crippen LogP contribution in [0.3, 0.4) is 0 Å². The second kappa shape index (κ2) is 18.3. The Labute approximate surface area is 207 Å². The normalized spacial score (nSPS) is 15.4. The van der Waals surface area contributed by atoms with Gasteiger partial charge in [0.25, 0.3) is 0 Å². The molecule has 0 aliphatic carbocycles. The van der Waals surface area contributed by atoms with Crippen LogP contribution in [0.25, 0.3) is 0 Å². The van der Waals surface area contributed by atoms with Crippen molar-refractivity contribution in [2.45, 2.75) is 64.5 Å². The molecule has 1 aliphatic rings. The van der Waals surface area contributed by atoms with E-state index >= 15 is 0 Å². The van der Waals surface area contributed by atoms with Crippen LogP contribution in [0, 0.1) is 0 Å². The maximum atomic E-state index is 10.8.